The standard InChI is InChI=1S/C24H32O7/c1-14-18(7-6-17-9-11-29-22(17)28)23(4)10-8-21(31-16(3)26)24(5,13-30-15(2)25)20(23)12-19(14)27/h6-7,9,18-21,27H,1,8,10-13H2,2-5H3/b7-6+. The third-order valence-corrected chi connectivity index (χ3v) is 7.39. The molecule has 6 unspecified atom stereocenters. The van der Waals surface area contributed by atoms with Crippen molar-refractivity contribution in [2.75, 3.05) is 13.2 Å². The van der Waals surface area contributed by atoms with Crippen LogP contribution in [0.1, 0.15) is 47.0 Å². The van der Waals surface area contributed by atoms with Crippen molar-refractivity contribution in [2.24, 2.45) is 22.7 Å². The Morgan fingerprint density at radius 2 is 2.03 bits per heavy atom. The number of aliphatic hydroxyl groups is 1. The van der Waals surface area contributed by atoms with Gasteiger partial charge in [0.15, 0.2) is 0 Å². The number of esters is 3. The van der Waals surface area contributed by atoms with E-state index in [-0.39, 0.29) is 42.4 Å². The van der Waals surface area contributed by atoms with Crippen LogP contribution in [0.2, 0.25) is 0 Å². The largest absolute Gasteiger partial charge is 0.465 e. The molecule has 31 heavy (non-hydrogen) atoms. The van der Waals surface area contributed by atoms with Gasteiger partial charge in [-0.3, -0.25) is 9.59 Å². The lowest BCUT2D eigenvalue weighted by molar-refractivity contribution is -0.193. The van der Waals surface area contributed by atoms with Crippen LogP contribution in [0.5, 0.6) is 0 Å². The summed E-state index contributed by atoms with van der Waals surface area (Å²) in [6, 6.07) is 0. The average molecular weight is 433 g/mol. The molecule has 7 nitrogen and oxygen atoms in total. The van der Waals surface area contributed by atoms with Crippen LogP contribution in [0, 0.1) is 22.7 Å². The third kappa shape index (κ3) is 4.33. The van der Waals surface area contributed by atoms with E-state index in [1.54, 1.807) is 12.2 Å². The Morgan fingerprint density at radius 3 is 2.61 bits per heavy atom. The molecule has 0 spiro atoms. The highest BCUT2D eigenvalue weighted by atomic mass is 16.6. The van der Waals surface area contributed by atoms with Crippen molar-refractivity contribution < 1.29 is 33.7 Å². The number of aliphatic hydroxyl groups excluding tert-OH is 1. The lowest BCUT2D eigenvalue weighted by Gasteiger charge is -2.60. The predicted octanol–water partition coefficient (Wildman–Crippen LogP) is 2.88. The summed E-state index contributed by atoms with van der Waals surface area (Å²) in [5.74, 6) is -1.47. The van der Waals surface area contributed by atoms with Gasteiger partial charge in [-0.1, -0.05) is 32.6 Å². The molecule has 0 radical (unpaired) electrons. The summed E-state index contributed by atoms with van der Waals surface area (Å²) >= 11 is 0. The van der Waals surface area contributed by atoms with E-state index in [9.17, 15) is 19.5 Å². The molecule has 6 atom stereocenters. The summed E-state index contributed by atoms with van der Waals surface area (Å²) in [6.07, 6.45) is 5.96. The third-order valence-electron chi connectivity index (χ3n) is 7.39. The molecule has 0 aromatic heterocycles. The first-order chi connectivity index (χ1) is 14.5. The zero-order chi connectivity index (χ0) is 23.0. The van der Waals surface area contributed by atoms with Gasteiger partial charge in [0.1, 0.15) is 19.3 Å². The fourth-order valence-electron chi connectivity index (χ4n) is 5.74. The van der Waals surface area contributed by atoms with E-state index in [0.717, 1.165) is 6.42 Å². The molecule has 2 saturated carbocycles. The number of allylic oxidation sites excluding steroid dienone is 1. The van der Waals surface area contributed by atoms with E-state index >= 15 is 0 Å². The molecule has 0 aromatic carbocycles. The highest BCUT2D eigenvalue weighted by Gasteiger charge is 2.60. The van der Waals surface area contributed by atoms with Crippen LogP contribution in [0.4, 0.5) is 0 Å². The van der Waals surface area contributed by atoms with Crippen molar-refractivity contribution in [3.63, 3.8) is 0 Å². The second-order valence-electron chi connectivity index (χ2n) is 9.40. The average Bonchev–Trinajstić information content (AvgIpc) is 3.10. The van der Waals surface area contributed by atoms with Crippen molar-refractivity contribution in [3.05, 3.63) is 36.0 Å². The predicted molar refractivity (Wildman–Crippen MR) is 113 cm³/mol. The van der Waals surface area contributed by atoms with Gasteiger partial charge in [-0.2, -0.15) is 0 Å². The lowest BCUT2D eigenvalue weighted by atomic mass is 9.46. The van der Waals surface area contributed by atoms with Crippen LogP contribution in [0.25, 0.3) is 0 Å². The van der Waals surface area contributed by atoms with Crippen molar-refractivity contribution in [2.45, 2.75) is 59.2 Å². The maximum Gasteiger partial charge on any atom is 0.338 e. The summed E-state index contributed by atoms with van der Waals surface area (Å²) < 4.78 is 16.1. The molecule has 0 aromatic rings. The summed E-state index contributed by atoms with van der Waals surface area (Å²) in [6.45, 7) is 11.3. The van der Waals surface area contributed by atoms with E-state index in [1.807, 2.05) is 13.0 Å². The van der Waals surface area contributed by atoms with Gasteiger partial charge < -0.3 is 19.3 Å². The van der Waals surface area contributed by atoms with Gasteiger partial charge in [-0.25, -0.2) is 4.79 Å². The highest BCUT2D eigenvalue weighted by molar-refractivity contribution is 5.93. The Morgan fingerprint density at radius 1 is 1.32 bits per heavy atom. The van der Waals surface area contributed by atoms with E-state index in [2.05, 4.69) is 13.5 Å². The normalized spacial score (nSPS) is 37.8. The smallest absolute Gasteiger partial charge is 0.338 e. The van der Waals surface area contributed by atoms with Gasteiger partial charge in [0.2, 0.25) is 0 Å². The minimum absolute atomic E-state index is 0.0909. The van der Waals surface area contributed by atoms with Gasteiger partial charge in [0, 0.05) is 25.2 Å². The molecule has 2 aliphatic carbocycles. The Hall–Kier alpha value is -2.41. The Kier molecular flexibility index (Phi) is 6.46. The zero-order valence-corrected chi connectivity index (χ0v) is 18.7. The first kappa shape index (κ1) is 23.3. The van der Waals surface area contributed by atoms with Crippen LogP contribution >= 0.6 is 0 Å². The molecular weight excluding hydrogens is 400 g/mol. The number of fused-ring (bicyclic) bond motifs is 1. The summed E-state index contributed by atoms with van der Waals surface area (Å²) in [5, 5.41) is 10.9. The summed E-state index contributed by atoms with van der Waals surface area (Å²) in [5.41, 5.74) is 0.178. The second kappa shape index (κ2) is 8.61. The van der Waals surface area contributed by atoms with Crippen LogP contribution in [0.3, 0.4) is 0 Å². The van der Waals surface area contributed by atoms with Gasteiger partial charge in [-0.05, 0) is 42.2 Å². The molecule has 1 heterocycles. The molecule has 3 aliphatic rings. The second-order valence-corrected chi connectivity index (χ2v) is 9.40. The molecule has 0 bridgehead atoms. The van der Waals surface area contributed by atoms with E-state index in [1.165, 1.54) is 13.8 Å². The molecule has 0 amide bonds. The van der Waals surface area contributed by atoms with Crippen molar-refractivity contribution in [1.29, 1.82) is 0 Å². The van der Waals surface area contributed by atoms with Crippen LogP contribution < -0.4 is 0 Å². The summed E-state index contributed by atoms with van der Waals surface area (Å²) in [4.78, 5) is 35.2. The Labute approximate surface area is 183 Å². The maximum absolute atomic E-state index is 11.8. The molecule has 2 fully saturated rings. The highest BCUT2D eigenvalue weighted by Crippen LogP contribution is 2.62. The van der Waals surface area contributed by atoms with Crippen LogP contribution in [-0.4, -0.2) is 48.4 Å². The molecule has 3 rings (SSSR count). The van der Waals surface area contributed by atoms with E-state index < -0.39 is 23.6 Å². The monoisotopic (exact) mass is 432 g/mol. The minimum Gasteiger partial charge on any atom is -0.465 e. The first-order valence-electron chi connectivity index (χ1n) is 10.7. The number of rotatable bonds is 5. The number of carbonyl (C=O) groups is 3. The van der Waals surface area contributed by atoms with Crippen molar-refractivity contribution in [3.8, 4) is 0 Å². The van der Waals surface area contributed by atoms with Crippen LogP contribution in [0.15, 0.2) is 36.0 Å². The van der Waals surface area contributed by atoms with Crippen LogP contribution in [-0.2, 0) is 28.6 Å². The fourth-order valence-corrected chi connectivity index (χ4v) is 5.74. The topological polar surface area (TPSA) is 99.1 Å². The SMILES string of the molecule is C=C1C(O)CC2C(C)(COC(C)=O)C(OC(C)=O)CCC2(C)C1/C=C/C1=CCOC1=O. The van der Waals surface area contributed by atoms with Gasteiger partial charge in [0.05, 0.1) is 11.7 Å². The van der Waals surface area contributed by atoms with Gasteiger partial charge >= 0.3 is 17.9 Å². The van der Waals surface area contributed by atoms with Gasteiger partial charge in [0.25, 0.3) is 0 Å². The fraction of sp³-hybridized carbons (Fsp3) is 0.625. The van der Waals surface area contributed by atoms with Crippen molar-refractivity contribution in [1.82, 2.24) is 0 Å². The lowest BCUT2D eigenvalue weighted by Crippen LogP contribution is -2.60. The maximum atomic E-state index is 11.8. The quantitative estimate of drug-likeness (QED) is 0.405. The molecule has 170 valence electrons. The molecular formula is C24H32O7. The number of cyclic esters (lactones) is 1. The number of carbonyl (C=O) groups excluding carboxylic acids is 3. The minimum atomic E-state index is -0.759. The Balaban J connectivity index is 1.99. The zero-order valence-electron chi connectivity index (χ0n) is 18.7. The number of hydrogen-bond donors (Lipinski definition) is 1. The molecule has 7 heteroatoms. The number of hydrogen-bond acceptors (Lipinski definition) is 7. The number of ether oxygens (including phenoxy) is 3. The molecule has 1 N–H and O–H groups in total. The Bertz CT molecular complexity index is 841. The van der Waals surface area contributed by atoms with Gasteiger partial charge in [-0.15, -0.1) is 0 Å². The summed E-state index contributed by atoms with van der Waals surface area (Å²) in [7, 11) is 0. The molecule has 1 aliphatic heterocycles. The molecule has 0 saturated heterocycles. The first-order valence-corrected chi connectivity index (χ1v) is 10.7. The van der Waals surface area contributed by atoms with E-state index in [0.29, 0.717) is 24.0 Å². The van der Waals surface area contributed by atoms with E-state index in [4.69, 9.17) is 14.2 Å². The van der Waals surface area contributed by atoms with Crippen molar-refractivity contribution >= 4 is 17.9 Å².